The second-order valence-corrected chi connectivity index (χ2v) is 6.89. The molecule has 31 heavy (non-hydrogen) atoms. The minimum absolute atomic E-state index is 0.149. The fourth-order valence-electron chi connectivity index (χ4n) is 3.08. The Labute approximate surface area is 175 Å². The smallest absolute Gasteiger partial charge is 0.329 e. The van der Waals surface area contributed by atoms with Gasteiger partial charge in [-0.25, -0.2) is 9.78 Å². The van der Waals surface area contributed by atoms with E-state index in [0.717, 1.165) is 0 Å². The summed E-state index contributed by atoms with van der Waals surface area (Å²) in [7, 11) is 1.52. The number of anilines is 1. The van der Waals surface area contributed by atoms with Gasteiger partial charge in [0.25, 0.3) is 5.56 Å². The van der Waals surface area contributed by atoms with Crippen LogP contribution in [0.5, 0.6) is 5.75 Å². The molecule has 0 unspecified atom stereocenters. The maximum Gasteiger partial charge on any atom is 0.329 e. The number of rotatable bonds is 8. The normalized spacial score (nSPS) is 11.0. The third kappa shape index (κ3) is 4.71. The largest absolute Gasteiger partial charge is 0.492 e. The molecule has 0 saturated heterocycles. The molecule has 3 N–H and O–H groups in total. The number of hydrogen-bond acceptors (Lipinski definition) is 6. The Morgan fingerprint density at radius 2 is 2.10 bits per heavy atom. The van der Waals surface area contributed by atoms with Crippen LogP contribution in [-0.2, 0) is 24.8 Å². The number of nitrogens with zero attached hydrogens (tertiary/aromatic N) is 4. The molecule has 0 radical (unpaired) electrons. The molecule has 1 amide bonds. The van der Waals surface area contributed by atoms with Gasteiger partial charge in [-0.15, -0.1) is 0 Å². The highest BCUT2D eigenvalue weighted by atomic mass is 16.5. The van der Waals surface area contributed by atoms with Crippen LogP contribution >= 0.6 is 0 Å². The monoisotopic (exact) mass is 423 g/mol. The average Bonchev–Trinajstić information content (AvgIpc) is 3.41. The summed E-state index contributed by atoms with van der Waals surface area (Å²) in [6.45, 7) is 1.07. The first-order chi connectivity index (χ1) is 15.0. The van der Waals surface area contributed by atoms with Gasteiger partial charge in [0, 0.05) is 44.0 Å². The van der Waals surface area contributed by atoms with Crippen molar-refractivity contribution in [2.75, 3.05) is 11.9 Å². The number of nitrogens with one attached hydrogen (secondary N) is 3. The second kappa shape index (κ2) is 8.69. The van der Waals surface area contributed by atoms with Crippen molar-refractivity contribution in [3.63, 3.8) is 0 Å². The number of fused-ring (bicyclic) bond motifs is 1. The SMILES string of the molecule is Cn1c(=O)[nH]c(=O)c2[nH]c(CCC(=O)Nc3cccc(OCCn4cccn4)c3)nc21. The molecule has 0 aliphatic carbocycles. The van der Waals surface area contributed by atoms with Crippen molar-refractivity contribution in [1.29, 1.82) is 0 Å². The third-order valence-electron chi connectivity index (χ3n) is 4.66. The van der Waals surface area contributed by atoms with Crippen LogP contribution in [0.2, 0.25) is 0 Å². The zero-order chi connectivity index (χ0) is 21.8. The van der Waals surface area contributed by atoms with E-state index in [-0.39, 0.29) is 29.9 Å². The molecule has 3 aromatic heterocycles. The molecule has 0 aliphatic rings. The molecule has 0 bridgehead atoms. The van der Waals surface area contributed by atoms with Gasteiger partial charge >= 0.3 is 5.69 Å². The number of imidazole rings is 1. The third-order valence-corrected chi connectivity index (χ3v) is 4.66. The summed E-state index contributed by atoms with van der Waals surface area (Å²) < 4.78 is 8.73. The van der Waals surface area contributed by atoms with Gasteiger partial charge in [0.2, 0.25) is 5.91 Å². The molecule has 0 saturated carbocycles. The number of amides is 1. The van der Waals surface area contributed by atoms with Gasteiger partial charge in [-0.05, 0) is 18.2 Å². The van der Waals surface area contributed by atoms with Crippen LogP contribution in [0.1, 0.15) is 12.2 Å². The highest BCUT2D eigenvalue weighted by molar-refractivity contribution is 5.91. The summed E-state index contributed by atoms with van der Waals surface area (Å²) in [6.07, 6.45) is 4.00. The van der Waals surface area contributed by atoms with Crippen LogP contribution in [0.4, 0.5) is 5.69 Å². The van der Waals surface area contributed by atoms with Crippen LogP contribution < -0.4 is 21.3 Å². The zero-order valence-corrected chi connectivity index (χ0v) is 16.8. The van der Waals surface area contributed by atoms with Crippen molar-refractivity contribution in [2.45, 2.75) is 19.4 Å². The number of aryl methyl sites for hydroxylation is 2. The van der Waals surface area contributed by atoms with E-state index in [4.69, 9.17) is 4.74 Å². The Morgan fingerprint density at radius 3 is 2.90 bits per heavy atom. The van der Waals surface area contributed by atoms with E-state index in [2.05, 4.69) is 25.4 Å². The summed E-state index contributed by atoms with van der Waals surface area (Å²) in [5.74, 6) is 0.881. The van der Waals surface area contributed by atoms with E-state index >= 15 is 0 Å². The molecule has 0 fully saturated rings. The fourth-order valence-corrected chi connectivity index (χ4v) is 3.08. The Bertz CT molecular complexity index is 1320. The molecule has 3 heterocycles. The molecule has 0 aliphatic heterocycles. The van der Waals surface area contributed by atoms with Crippen LogP contribution in [-0.4, -0.2) is 41.8 Å². The lowest BCUT2D eigenvalue weighted by Gasteiger charge is -2.09. The first-order valence-electron chi connectivity index (χ1n) is 9.67. The molecule has 160 valence electrons. The Balaban J connectivity index is 1.33. The Kier molecular flexibility index (Phi) is 5.65. The molecule has 1 aromatic carbocycles. The fraction of sp³-hybridized carbons (Fsp3) is 0.250. The van der Waals surface area contributed by atoms with Gasteiger partial charge < -0.3 is 15.0 Å². The number of hydrogen-bond donors (Lipinski definition) is 3. The van der Waals surface area contributed by atoms with Crippen LogP contribution in [0.25, 0.3) is 11.2 Å². The molecule has 0 spiro atoms. The predicted octanol–water partition coefficient (Wildman–Crippen LogP) is 0.797. The number of carbonyl (C=O) groups is 1. The minimum atomic E-state index is -0.542. The first kappa shape index (κ1) is 20.1. The topological polar surface area (TPSA) is 140 Å². The van der Waals surface area contributed by atoms with Gasteiger partial charge in [-0.3, -0.25) is 23.8 Å². The highest BCUT2D eigenvalue weighted by Gasteiger charge is 2.12. The van der Waals surface area contributed by atoms with E-state index in [1.807, 2.05) is 18.3 Å². The highest BCUT2D eigenvalue weighted by Crippen LogP contribution is 2.18. The lowest BCUT2D eigenvalue weighted by Crippen LogP contribution is -2.28. The lowest BCUT2D eigenvalue weighted by molar-refractivity contribution is -0.116. The number of carbonyl (C=O) groups excluding carboxylic acids is 1. The zero-order valence-electron chi connectivity index (χ0n) is 16.8. The summed E-state index contributed by atoms with van der Waals surface area (Å²) in [4.78, 5) is 45.2. The molecular weight excluding hydrogens is 402 g/mol. The van der Waals surface area contributed by atoms with Gasteiger partial charge in [0.1, 0.15) is 23.7 Å². The number of H-pyrrole nitrogens is 2. The van der Waals surface area contributed by atoms with Gasteiger partial charge in [0.05, 0.1) is 6.54 Å². The molecule has 11 nitrogen and oxygen atoms in total. The number of ether oxygens (including phenoxy) is 1. The lowest BCUT2D eigenvalue weighted by atomic mass is 10.2. The molecule has 0 atom stereocenters. The second-order valence-electron chi connectivity index (χ2n) is 6.89. The van der Waals surface area contributed by atoms with Crippen LogP contribution in [0.3, 0.4) is 0 Å². The van der Waals surface area contributed by atoms with Crippen molar-refractivity contribution < 1.29 is 9.53 Å². The van der Waals surface area contributed by atoms with Crippen molar-refractivity contribution in [2.24, 2.45) is 7.05 Å². The molecule has 11 heteroatoms. The van der Waals surface area contributed by atoms with Gasteiger partial charge in [0.15, 0.2) is 5.65 Å². The summed E-state index contributed by atoms with van der Waals surface area (Å²) in [5, 5.41) is 6.93. The first-order valence-corrected chi connectivity index (χ1v) is 9.67. The standard InChI is InChI=1S/C20H21N7O4/c1-26-18-17(19(29)25-20(26)30)23-15(24-18)6-7-16(28)22-13-4-2-5-14(12-13)31-11-10-27-9-3-8-21-27/h2-5,8-9,12H,6-7,10-11H2,1H3,(H,22,28)(H,23,24)(H,25,29,30). The van der Waals surface area contributed by atoms with Crippen molar-refractivity contribution in [3.8, 4) is 5.75 Å². The average molecular weight is 423 g/mol. The Morgan fingerprint density at radius 1 is 1.23 bits per heavy atom. The van der Waals surface area contributed by atoms with E-state index in [0.29, 0.717) is 30.4 Å². The Hall–Kier alpha value is -4.15. The number of benzene rings is 1. The summed E-state index contributed by atoms with van der Waals surface area (Å²) in [5.41, 5.74) is -0.00249. The van der Waals surface area contributed by atoms with Crippen molar-refractivity contribution in [3.05, 3.63) is 69.4 Å². The van der Waals surface area contributed by atoms with E-state index in [9.17, 15) is 14.4 Å². The molecule has 4 rings (SSSR count). The molecule has 4 aromatic rings. The van der Waals surface area contributed by atoms with Crippen LogP contribution in [0, 0.1) is 0 Å². The molecular formula is C20H21N7O4. The van der Waals surface area contributed by atoms with Gasteiger partial charge in [-0.2, -0.15) is 5.10 Å². The van der Waals surface area contributed by atoms with E-state index in [1.54, 1.807) is 29.1 Å². The minimum Gasteiger partial charge on any atom is -0.492 e. The summed E-state index contributed by atoms with van der Waals surface area (Å²) >= 11 is 0. The maximum absolute atomic E-state index is 12.3. The van der Waals surface area contributed by atoms with Gasteiger partial charge in [-0.1, -0.05) is 6.07 Å². The number of aromatic amines is 2. The van der Waals surface area contributed by atoms with E-state index in [1.165, 1.54) is 11.6 Å². The van der Waals surface area contributed by atoms with E-state index < -0.39 is 11.2 Å². The van der Waals surface area contributed by atoms with Crippen LogP contribution in [0.15, 0.2) is 52.3 Å². The maximum atomic E-state index is 12.3. The quantitative estimate of drug-likeness (QED) is 0.383. The predicted molar refractivity (Wildman–Crippen MR) is 113 cm³/mol. The van der Waals surface area contributed by atoms with Crippen molar-refractivity contribution in [1.82, 2.24) is 29.3 Å². The van der Waals surface area contributed by atoms with Crippen molar-refractivity contribution >= 4 is 22.8 Å². The summed E-state index contributed by atoms with van der Waals surface area (Å²) in [6, 6.07) is 8.98. The number of aromatic nitrogens is 6.